The van der Waals surface area contributed by atoms with E-state index in [1.54, 1.807) is 26.0 Å². The molecule has 0 aliphatic heterocycles. The monoisotopic (exact) mass is 477 g/mol. The molecule has 0 saturated carbocycles. The minimum absolute atomic E-state index is 0.0143. The summed E-state index contributed by atoms with van der Waals surface area (Å²) in [6.45, 7) is 4.07. The van der Waals surface area contributed by atoms with Gasteiger partial charge in [-0.25, -0.2) is 10.2 Å². The first-order valence-corrected chi connectivity index (χ1v) is 10.2. The second kappa shape index (κ2) is 11.8. The number of hydrogen-bond donors (Lipinski definition) is 3. The summed E-state index contributed by atoms with van der Waals surface area (Å²) in [5, 5.41) is 16.5. The van der Waals surface area contributed by atoms with Crippen LogP contribution in [-0.2, 0) is 16.0 Å². The summed E-state index contributed by atoms with van der Waals surface area (Å²) in [5.74, 6) is -0.212. The Hall–Kier alpha value is -3.07. The predicted molar refractivity (Wildman–Crippen MR) is 117 cm³/mol. The first kappa shape index (κ1) is 23.2. The number of halogens is 1. The minimum Gasteiger partial charge on any atom is -0.503 e. The topological polar surface area (TPSA) is 109 Å². The molecule has 0 aliphatic rings. The summed E-state index contributed by atoms with van der Waals surface area (Å²) < 4.78 is 10.7. The molecule has 8 nitrogen and oxygen atoms in total. The number of benzene rings is 2. The molecule has 2 rings (SSSR count). The van der Waals surface area contributed by atoms with Crippen molar-refractivity contribution in [3.05, 3.63) is 58.1 Å². The van der Waals surface area contributed by atoms with Crippen molar-refractivity contribution in [2.45, 2.75) is 26.3 Å². The number of aromatic hydroxyl groups is 1. The second-order valence-corrected chi connectivity index (χ2v) is 6.98. The standard InChI is InChI=1S/C21H24BrN3O5/c1-3-29-18-12-15(10-16(22)19(18)26)13-23-25-20(27)17(24-21(28)30-4-2)11-14-8-6-5-7-9-14/h5-10,12-13,17,26H,3-4,11H2,1-2H3,(H,24,28)(H,25,27)/b23-13-/t17-/m1/s1. The highest BCUT2D eigenvalue weighted by atomic mass is 79.9. The molecule has 0 bridgehead atoms. The fourth-order valence-electron chi connectivity index (χ4n) is 2.56. The van der Waals surface area contributed by atoms with E-state index >= 15 is 0 Å². The maximum absolute atomic E-state index is 12.6. The molecule has 2 amide bonds. The number of alkyl carbamates (subject to hydrolysis) is 1. The Bertz CT molecular complexity index is 890. The molecule has 0 heterocycles. The van der Waals surface area contributed by atoms with Crippen LogP contribution in [0.25, 0.3) is 0 Å². The maximum Gasteiger partial charge on any atom is 0.407 e. The van der Waals surface area contributed by atoms with Crippen LogP contribution in [0.3, 0.4) is 0 Å². The van der Waals surface area contributed by atoms with Crippen LogP contribution in [0.15, 0.2) is 52.0 Å². The lowest BCUT2D eigenvalue weighted by Crippen LogP contribution is -2.47. The molecule has 0 aliphatic carbocycles. The van der Waals surface area contributed by atoms with Crippen LogP contribution in [0.4, 0.5) is 4.79 Å². The van der Waals surface area contributed by atoms with Crippen LogP contribution in [0.5, 0.6) is 11.5 Å². The molecule has 0 radical (unpaired) electrons. The van der Waals surface area contributed by atoms with E-state index in [4.69, 9.17) is 9.47 Å². The smallest absolute Gasteiger partial charge is 0.407 e. The van der Waals surface area contributed by atoms with Crippen LogP contribution < -0.4 is 15.5 Å². The largest absolute Gasteiger partial charge is 0.503 e. The van der Waals surface area contributed by atoms with E-state index in [2.05, 4.69) is 31.8 Å². The van der Waals surface area contributed by atoms with E-state index in [9.17, 15) is 14.7 Å². The van der Waals surface area contributed by atoms with Gasteiger partial charge in [0, 0.05) is 6.42 Å². The molecular formula is C21H24BrN3O5. The third-order valence-electron chi connectivity index (χ3n) is 3.91. The lowest BCUT2D eigenvalue weighted by molar-refractivity contribution is -0.123. The number of carbonyl (C=O) groups is 2. The maximum atomic E-state index is 12.6. The molecule has 9 heteroatoms. The van der Waals surface area contributed by atoms with Gasteiger partial charge in [0.15, 0.2) is 11.5 Å². The summed E-state index contributed by atoms with van der Waals surface area (Å²) in [6, 6.07) is 11.7. The number of nitrogens with one attached hydrogen (secondary N) is 2. The number of ether oxygens (including phenoxy) is 2. The normalized spacial score (nSPS) is 11.7. The molecule has 2 aromatic carbocycles. The summed E-state index contributed by atoms with van der Waals surface area (Å²) in [6.07, 6.45) is 1.01. The summed E-state index contributed by atoms with van der Waals surface area (Å²) >= 11 is 3.25. The molecule has 0 fully saturated rings. The number of amides is 2. The first-order valence-electron chi connectivity index (χ1n) is 9.40. The van der Waals surface area contributed by atoms with Gasteiger partial charge in [-0.2, -0.15) is 5.10 Å². The fourth-order valence-corrected chi connectivity index (χ4v) is 3.02. The van der Waals surface area contributed by atoms with Gasteiger partial charge >= 0.3 is 6.09 Å². The van der Waals surface area contributed by atoms with Crippen molar-refractivity contribution >= 4 is 34.1 Å². The summed E-state index contributed by atoms with van der Waals surface area (Å²) in [7, 11) is 0. The SMILES string of the molecule is CCOC(=O)N[C@H](Cc1ccccc1)C(=O)N/N=C\c1cc(Br)c(O)c(OCC)c1. The Morgan fingerprint density at radius 2 is 1.93 bits per heavy atom. The van der Waals surface area contributed by atoms with Crippen molar-refractivity contribution in [2.24, 2.45) is 5.10 Å². The van der Waals surface area contributed by atoms with Gasteiger partial charge in [-0.1, -0.05) is 30.3 Å². The third-order valence-corrected chi connectivity index (χ3v) is 4.51. The molecule has 2 aromatic rings. The Kier molecular flexibility index (Phi) is 9.14. The highest BCUT2D eigenvalue weighted by Gasteiger charge is 2.21. The van der Waals surface area contributed by atoms with Crippen molar-refractivity contribution < 1.29 is 24.2 Å². The van der Waals surface area contributed by atoms with E-state index < -0.39 is 18.0 Å². The molecule has 160 valence electrons. The second-order valence-electron chi connectivity index (χ2n) is 6.12. The number of carbonyl (C=O) groups excluding carboxylic acids is 2. The van der Waals surface area contributed by atoms with Crippen LogP contribution in [0.1, 0.15) is 25.0 Å². The predicted octanol–water partition coefficient (Wildman–Crippen LogP) is 3.36. The van der Waals surface area contributed by atoms with Gasteiger partial charge in [0.05, 0.1) is 23.9 Å². The number of nitrogens with zero attached hydrogens (tertiary/aromatic N) is 1. The molecule has 0 aromatic heterocycles. The Labute approximate surface area is 183 Å². The van der Waals surface area contributed by atoms with E-state index in [0.717, 1.165) is 5.56 Å². The molecule has 0 saturated heterocycles. The first-order chi connectivity index (χ1) is 14.4. The van der Waals surface area contributed by atoms with Crippen molar-refractivity contribution in [3.8, 4) is 11.5 Å². The zero-order chi connectivity index (χ0) is 21.9. The Morgan fingerprint density at radius 1 is 1.20 bits per heavy atom. The Morgan fingerprint density at radius 3 is 2.60 bits per heavy atom. The molecule has 30 heavy (non-hydrogen) atoms. The van der Waals surface area contributed by atoms with Crippen LogP contribution >= 0.6 is 15.9 Å². The highest BCUT2D eigenvalue weighted by molar-refractivity contribution is 9.10. The number of rotatable bonds is 9. The van der Waals surface area contributed by atoms with Gasteiger partial charge in [0.25, 0.3) is 5.91 Å². The average molecular weight is 478 g/mol. The minimum atomic E-state index is -0.867. The van der Waals surface area contributed by atoms with E-state index in [0.29, 0.717) is 22.4 Å². The third kappa shape index (κ3) is 7.07. The zero-order valence-electron chi connectivity index (χ0n) is 16.7. The van der Waals surface area contributed by atoms with E-state index in [-0.39, 0.29) is 18.8 Å². The highest BCUT2D eigenvalue weighted by Crippen LogP contribution is 2.35. The van der Waals surface area contributed by atoms with Crippen LogP contribution in [0, 0.1) is 0 Å². The Balaban J connectivity index is 2.09. The lowest BCUT2D eigenvalue weighted by atomic mass is 10.1. The van der Waals surface area contributed by atoms with E-state index in [1.807, 2.05) is 30.3 Å². The summed E-state index contributed by atoms with van der Waals surface area (Å²) in [5.41, 5.74) is 3.90. The summed E-state index contributed by atoms with van der Waals surface area (Å²) in [4.78, 5) is 24.4. The van der Waals surface area contributed by atoms with Gasteiger partial charge in [-0.15, -0.1) is 0 Å². The van der Waals surface area contributed by atoms with Crippen molar-refractivity contribution in [2.75, 3.05) is 13.2 Å². The van der Waals surface area contributed by atoms with Crippen LogP contribution in [0.2, 0.25) is 0 Å². The van der Waals surface area contributed by atoms with Crippen molar-refractivity contribution in [3.63, 3.8) is 0 Å². The van der Waals surface area contributed by atoms with Gasteiger partial charge < -0.3 is 19.9 Å². The molecule has 0 unspecified atom stereocenters. The molecule has 0 spiro atoms. The lowest BCUT2D eigenvalue weighted by Gasteiger charge is -2.16. The number of phenols is 1. The van der Waals surface area contributed by atoms with Gasteiger partial charge in [0.1, 0.15) is 6.04 Å². The van der Waals surface area contributed by atoms with Crippen molar-refractivity contribution in [1.29, 1.82) is 0 Å². The number of hydrogen-bond acceptors (Lipinski definition) is 6. The van der Waals surface area contributed by atoms with Crippen LogP contribution in [-0.4, -0.2) is 42.6 Å². The van der Waals surface area contributed by atoms with Crippen molar-refractivity contribution in [1.82, 2.24) is 10.7 Å². The molecule has 1 atom stereocenters. The molecular weight excluding hydrogens is 454 g/mol. The number of hydrazone groups is 1. The number of phenolic OH excluding ortho intramolecular Hbond substituents is 1. The zero-order valence-corrected chi connectivity index (χ0v) is 18.3. The van der Waals surface area contributed by atoms with Gasteiger partial charge in [-0.05, 0) is 53.0 Å². The quantitative estimate of drug-likeness (QED) is 0.378. The fraction of sp³-hybridized carbons (Fsp3) is 0.286. The van der Waals surface area contributed by atoms with Gasteiger partial charge in [0.2, 0.25) is 0 Å². The average Bonchev–Trinajstić information content (AvgIpc) is 2.72. The van der Waals surface area contributed by atoms with Gasteiger partial charge in [-0.3, -0.25) is 4.79 Å². The van der Waals surface area contributed by atoms with E-state index in [1.165, 1.54) is 6.21 Å². The molecule has 3 N–H and O–H groups in total.